The topological polar surface area (TPSA) is 72.0 Å². The highest BCUT2D eigenvalue weighted by molar-refractivity contribution is 5.08. The van der Waals surface area contributed by atoms with Crippen molar-refractivity contribution in [1.29, 1.82) is 0 Å². The molecule has 3 rings (SSSR count). The highest BCUT2D eigenvalue weighted by Gasteiger charge is 2.23. The molecular weight excluding hydrogens is 328 g/mol. The fourth-order valence-electron chi connectivity index (χ4n) is 3.81. The van der Waals surface area contributed by atoms with Gasteiger partial charge >= 0.3 is 0 Å². The molecule has 0 unspecified atom stereocenters. The molecule has 1 saturated heterocycles. The number of aliphatic hydroxyl groups excluding tert-OH is 1. The Morgan fingerprint density at radius 2 is 1.92 bits per heavy atom. The highest BCUT2D eigenvalue weighted by Crippen LogP contribution is 2.24. The molecular formula is C19H32N6O. The van der Waals surface area contributed by atoms with Gasteiger partial charge in [-0.25, -0.2) is 14.6 Å². The highest BCUT2D eigenvalue weighted by atomic mass is 16.3. The van der Waals surface area contributed by atoms with Crippen LogP contribution in [0.3, 0.4) is 0 Å². The minimum Gasteiger partial charge on any atom is -0.394 e. The van der Waals surface area contributed by atoms with Gasteiger partial charge in [0.2, 0.25) is 0 Å². The summed E-state index contributed by atoms with van der Waals surface area (Å²) in [7, 11) is 2.18. The third-order valence-corrected chi connectivity index (χ3v) is 5.37. The molecule has 1 fully saturated rings. The molecule has 0 amide bonds. The van der Waals surface area contributed by atoms with E-state index in [0.29, 0.717) is 18.4 Å². The molecule has 0 radical (unpaired) electrons. The van der Waals surface area contributed by atoms with E-state index in [9.17, 15) is 5.11 Å². The number of rotatable bonds is 7. The van der Waals surface area contributed by atoms with Crippen LogP contribution in [-0.4, -0.2) is 61.1 Å². The lowest BCUT2D eigenvalue weighted by molar-refractivity contribution is 0.217. The second-order valence-corrected chi connectivity index (χ2v) is 7.81. The lowest BCUT2D eigenvalue weighted by Gasteiger charge is -2.28. The van der Waals surface area contributed by atoms with Crippen LogP contribution in [0.5, 0.6) is 0 Å². The minimum atomic E-state index is 0.0418. The van der Waals surface area contributed by atoms with Crippen LogP contribution in [-0.2, 0) is 13.0 Å². The van der Waals surface area contributed by atoms with Crippen molar-refractivity contribution in [3.8, 4) is 0 Å². The summed E-state index contributed by atoms with van der Waals surface area (Å²) in [4.78, 5) is 11.8. The number of nitrogens with zero attached hydrogens (tertiary/aromatic N) is 6. The summed E-state index contributed by atoms with van der Waals surface area (Å²) in [5, 5.41) is 14.2. The quantitative estimate of drug-likeness (QED) is 0.818. The molecule has 26 heavy (non-hydrogen) atoms. The van der Waals surface area contributed by atoms with Gasteiger partial charge in [-0.3, -0.25) is 0 Å². The summed E-state index contributed by atoms with van der Waals surface area (Å²) >= 11 is 0. The molecule has 1 aliphatic rings. The zero-order valence-corrected chi connectivity index (χ0v) is 16.5. The zero-order chi connectivity index (χ0) is 18.7. The predicted molar refractivity (Wildman–Crippen MR) is 101 cm³/mol. The van der Waals surface area contributed by atoms with Crippen molar-refractivity contribution in [2.75, 3.05) is 26.7 Å². The van der Waals surface area contributed by atoms with Crippen LogP contribution in [0.4, 0.5) is 0 Å². The smallest absolute Gasteiger partial charge is 0.151 e. The molecule has 3 heterocycles. The summed E-state index contributed by atoms with van der Waals surface area (Å²) in [5.41, 5.74) is 0. The molecule has 0 aromatic carbocycles. The Hall–Kier alpha value is -1.73. The SMILES string of the molecule is CC(C)c1nccn1[C@@H](C)c1nc(CC2CCN(C)CC2)nn1CCO. The Morgan fingerprint density at radius 1 is 1.19 bits per heavy atom. The van der Waals surface area contributed by atoms with E-state index in [1.165, 1.54) is 12.8 Å². The zero-order valence-electron chi connectivity index (χ0n) is 16.5. The van der Waals surface area contributed by atoms with Gasteiger partial charge in [-0.1, -0.05) is 13.8 Å². The molecule has 2 aromatic rings. The third-order valence-electron chi connectivity index (χ3n) is 5.37. The van der Waals surface area contributed by atoms with Crippen LogP contribution in [0, 0.1) is 5.92 Å². The first-order valence-electron chi connectivity index (χ1n) is 9.75. The van der Waals surface area contributed by atoms with Crippen LogP contribution >= 0.6 is 0 Å². The van der Waals surface area contributed by atoms with Gasteiger partial charge in [0.15, 0.2) is 5.82 Å². The van der Waals surface area contributed by atoms with Crippen LogP contribution in [0.15, 0.2) is 12.4 Å². The maximum Gasteiger partial charge on any atom is 0.151 e. The van der Waals surface area contributed by atoms with E-state index in [1.807, 2.05) is 17.1 Å². The van der Waals surface area contributed by atoms with E-state index < -0.39 is 0 Å². The number of aromatic nitrogens is 5. The van der Waals surface area contributed by atoms with Crippen molar-refractivity contribution in [1.82, 2.24) is 29.2 Å². The molecule has 0 bridgehead atoms. The van der Waals surface area contributed by atoms with E-state index in [4.69, 9.17) is 10.1 Å². The first-order chi connectivity index (χ1) is 12.5. The first kappa shape index (κ1) is 19.0. The summed E-state index contributed by atoms with van der Waals surface area (Å²) < 4.78 is 4.04. The van der Waals surface area contributed by atoms with Crippen molar-refractivity contribution in [2.45, 2.75) is 58.5 Å². The number of hydrogen-bond acceptors (Lipinski definition) is 5. The molecule has 1 N–H and O–H groups in total. The summed E-state index contributed by atoms with van der Waals surface area (Å²) in [6, 6.07) is 0.0418. The van der Waals surface area contributed by atoms with Crippen molar-refractivity contribution in [2.24, 2.45) is 5.92 Å². The van der Waals surface area contributed by atoms with Gasteiger partial charge in [0.25, 0.3) is 0 Å². The maximum absolute atomic E-state index is 9.45. The minimum absolute atomic E-state index is 0.0418. The predicted octanol–water partition coefficient (Wildman–Crippen LogP) is 2.08. The van der Waals surface area contributed by atoms with Crippen LogP contribution in [0.2, 0.25) is 0 Å². The number of aliphatic hydroxyl groups is 1. The molecule has 144 valence electrons. The van der Waals surface area contributed by atoms with Crippen molar-refractivity contribution >= 4 is 0 Å². The number of piperidine rings is 1. The van der Waals surface area contributed by atoms with Crippen LogP contribution in [0.25, 0.3) is 0 Å². The lowest BCUT2D eigenvalue weighted by Crippen LogP contribution is -2.31. The van der Waals surface area contributed by atoms with E-state index in [0.717, 1.165) is 37.0 Å². The Balaban J connectivity index is 1.81. The van der Waals surface area contributed by atoms with Gasteiger partial charge in [0, 0.05) is 24.7 Å². The normalized spacial score (nSPS) is 17.9. The van der Waals surface area contributed by atoms with Crippen molar-refractivity contribution < 1.29 is 5.11 Å². The van der Waals surface area contributed by atoms with Gasteiger partial charge < -0.3 is 14.6 Å². The molecule has 1 atom stereocenters. The van der Waals surface area contributed by atoms with E-state index >= 15 is 0 Å². The number of hydrogen-bond donors (Lipinski definition) is 1. The van der Waals surface area contributed by atoms with Crippen molar-refractivity contribution in [3.05, 3.63) is 29.9 Å². The van der Waals surface area contributed by atoms with Gasteiger partial charge in [0.05, 0.1) is 19.2 Å². The second kappa shape index (κ2) is 8.31. The molecule has 0 saturated carbocycles. The summed E-state index contributed by atoms with van der Waals surface area (Å²) in [6.07, 6.45) is 7.18. The van der Waals surface area contributed by atoms with E-state index in [-0.39, 0.29) is 12.6 Å². The first-order valence-corrected chi connectivity index (χ1v) is 9.75. The van der Waals surface area contributed by atoms with Gasteiger partial charge in [-0.05, 0) is 45.8 Å². The molecule has 7 nitrogen and oxygen atoms in total. The molecule has 2 aromatic heterocycles. The molecule has 0 aliphatic carbocycles. The van der Waals surface area contributed by atoms with Crippen LogP contribution < -0.4 is 0 Å². The van der Waals surface area contributed by atoms with Crippen LogP contribution in [0.1, 0.15) is 63.0 Å². The van der Waals surface area contributed by atoms with Crippen molar-refractivity contribution in [3.63, 3.8) is 0 Å². The molecule has 0 spiro atoms. The average molecular weight is 361 g/mol. The van der Waals surface area contributed by atoms with E-state index in [2.05, 4.69) is 42.3 Å². The Morgan fingerprint density at radius 3 is 2.58 bits per heavy atom. The molecule has 7 heteroatoms. The largest absolute Gasteiger partial charge is 0.394 e. The lowest BCUT2D eigenvalue weighted by atomic mass is 9.94. The summed E-state index contributed by atoms with van der Waals surface area (Å²) in [6.45, 7) is 9.27. The number of likely N-dealkylation sites (tertiary alicyclic amines) is 1. The Bertz CT molecular complexity index is 699. The second-order valence-electron chi connectivity index (χ2n) is 7.81. The Labute approximate surface area is 156 Å². The van der Waals surface area contributed by atoms with Gasteiger partial charge in [-0.2, -0.15) is 5.10 Å². The maximum atomic E-state index is 9.45. The Kier molecular flexibility index (Phi) is 6.09. The molecule has 1 aliphatic heterocycles. The van der Waals surface area contributed by atoms with Gasteiger partial charge in [-0.15, -0.1) is 0 Å². The number of imidazole rings is 1. The van der Waals surface area contributed by atoms with E-state index in [1.54, 1.807) is 0 Å². The fourth-order valence-corrected chi connectivity index (χ4v) is 3.81. The third kappa shape index (κ3) is 4.15. The monoisotopic (exact) mass is 360 g/mol. The standard InChI is InChI=1S/C19H32N6O/c1-14(2)18-20-7-10-24(18)15(3)19-21-17(22-25(19)11-12-26)13-16-5-8-23(4)9-6-16/h7,10,14-16,26H,5-6,8-9,11-13H2,1-4H3/t15-/m0/s1. The summed E-state index contributed by atoms with van der Waals surface area (Å²) in [5.74, 6) is 3.86. The van der Waals surface area contributed by atoms with Gasteiger partial charge in [0.1, 0.15) is 11.6 Å². The fraction of sp³-hybridized carbons (Fsp3) is 0.737. The average Bonchev–Trinajstić information content (AvgIpc) is 3.24.